The van der Waals surface area contributed by atoms with Gasteiger partial charge in [0, 0.05) is 26.2 Å². The van der Waals surface area contributed by atoms with Gasteiger partial charge >= 0.3 is 0 Å². The zero-order chi connectivity index (χ0) is 13.9. The first kappa shape index (κ1) is 18.2. The first-order valence-electron chi connectivity index (χ1n) is 7.49. The average Bonchev–Trinajstić information content (AvgIpc) is 2.47. The number of hydrogen-bond acceptors (Lipinski definition) is 3. The van der Waals surface area contributed by atoms with Gasteiger partial charge in [-0.2, -0.15) is 17.0 Å². The molecule has 0 aromatic carbocycles. The summed E-state index contributed by atoms with van der Waals surface area (Å²) in [6.07, 6.45) is 7.53. The minimum atomic E-state index is -3.29. The molecule has 0 aromatic heterocycles. The van der Waals surface area contributed by atoms with Gasteiger partial charge in [-0.25, -0.2) is 0 Å². The van der Waals surface area contributed by atoms with Crippen LogP contribution in [0.5, 0.6) is 0 Å². The van der Waals surface area contributed by atoms with Crippen LogP contribution in [-0.2, 0) is 10.2 Å². The molecule has 120 valence electrons. The Labute approximate surface area is 129 Å². The molecule has 1 heterocycles. The standard InChI is InChI=1S/C13H27N3O2S.ClH/c1-15(13-7-3-2-4-8-13)19(17,18)16-9-5-6-12(10-14)11-16;/h12-13H,2-11,14H2,1H3;1H. The van der Waals surface area contributed by atoms with E-state index in [0.29, 0.717) is 25.6 Å². The van der Waals surface area contributed by atoms with Crippen molar-refractivity contribution in [2.45, 2.75) is 51.0 Å². The summed E-state index contributed by atoms with van der Waals surface area (Å²) in [6, 6.07) is 0.192. The van der Waals surface area contributed by atoms with Crippen LogP contribution in [0.3, 0.4) is 0 Å². The fourth-order valence-corrected chi connectivity index (χ4v) is 4.95. The fourth-order valence-electron chi connectivity index (χ4n) is 3.24. The van der Waals surface area contributed by atoms with E-state index in [1.807, 2.05) is 0 Å². The molecule has 7 heteroatoms. The summed E-state index contributed by atoms with van der Waals surface area (Å²) in [5, 5.41) is 0. The fraction of sp³-hybridized carbons (Fsp3) is 1.00. The molecule has 20 heavy (non-hydrogen) atoms. The van der Waals surface area contributed by atoms with Crippen LogP contribution in [0.4, 0.5) is 0 Å². The maximum atomic E-state index is 12.7. The Morgan fingerprint density at radius 2 is 1.80 bits per heavy atom. The van der Waals surface area contributed by atoms with E-state index in [2.05, 4.69) is 0 Å². The van der Waals surface area contributed by atoms with Crippen molar-refractivity contribution in [1.29, 1.82) is 0 Å². The molecule has 1 saturated heterocycles. The van der Waals surface area contributed by atoms with Gasteiger partial charge in [-0.3, -0.25) is 0 Å². The molecule has 0 spiro atoms. The Morgan fingerprint density at radius 1 is 1.15 bits per heavy atom. The third-order valence-corrected chi connectivity index (χ3v) is 6.60. The predicted octanol–water partition coefficient (Wildman–Crippen LogP) is 1.59. The molecule has 0 aromatic rings. The summed E-state index contributed by atoms with van der Waals surface area (Å²) in [5.74, 6) is 0.322. The van der Waals surface area contributed by atoms with Gasteiger partial charge in [0.25, 0.3) is 10.2 Å². The van der Waals surface area contributed by atoms with E-state index in [9.17, 15) is 8.42 Å². The van der Waals surface area contributed by atoms with Crippen LogP contribution < -0.4 is 5.73 Å². The Bertz CT molecular complexity index is 377. The third-order valence-electron chi connectivity index (χ3n) is 4.59. The number of hydrogen-bond donors (Lipinski definition) is 1. The molecular weight excluding hydrogens is 298 g/mol. The van der Waals surface area contributed by atoms with Crippen molar-refractivity contribution in [2.75, 3.05) is 26.7 Å². The van der Waals surface area contributed by atoms with Crippen molar-refractivity contribution < 1.29 is 8.42 Å². The molecule has 0 radical (unpaired) electrons. The number of rotatable bonds is 4. The van der Waals surface area contributed by atoms with Crippen molar-refractivity contribution in [3.05, 3.63) is 0 Å². The van der Waals surface area contributed by atoms with E-state index in [0.717, 1.165) is 38.5 Å². The second-order valence-electron chi connectivity index (χ2n) is 5.92. The van der Waals surface area contributed by atoms with Crippen LogP contribution in [0.2, 0.25) is 0 Å². The van der Waals surface area contributed by atoms with E-state index in [-0.39, 0.29) is 18.4 Å². The van der Waals surface area contributed by atoms with Gasteiger partial charge in [0.05, 0.1) is 0 Å². The predicted molar refractivity (Wildman–Crippen MR) is 84.2 cm³/mol. The van der Waals surface area contributed by atoms with E-state index >= 15 is 0 Å². The van der Waals surface area contributed by atoms with E-state index in [1.54, 1.807) is 15.7 Å². The summed E-state index contributed by atoms with van der Waals surface area (Å²) in [6.45, 7) is 1.82. The van der Waals surface area contributed by atoms with Crippen LogP contribution in [0.25, 0.3) is 0 Å². The zero-order valence-corrected chi connectivity index (χ0v) is 14.0. The van der Waals surface area contributed by atoms with Crippen molar-refractivity contribution in [2.24, 2.45) is 11.7 Å². The highest BCUT2D eigenvalue weighted by atomic mass is 35.5. The molecule has 0 bridgehead atoms. The lowest BCUT2D eigenvalue weighted by Gasteiger charge is -2.37. The summed E-state index contributed by atoms with van der Waals surface area (Å²) in [7, 11) is -1.55. The minimum Gasteiger partial charge on any atom is -0.330 e. The molecule has 1 aliphatic carbocycles. The van der Waals surface area contributed by atoms with Crippen LogP contribution in [0.15, 0.2) is 0 Å². The molecule has 1 unspecified atom stereocenters. The van der Waals surface area contributed by atoms with E-state index < -0.39 is 10.2 Å². The molecule has 2 N–H and O–H groups in total. The summed E-state index contributed by atoms with van der Waals surface area (Å²) >= 11 is 0. The van der Waals surface area contributed by atoms with Crippen molar-refractivity contribution in [3.8, 4) is 0 Å². The van der Waals surface area contributed by atoms with Gasteiger partial charge in [0.1, 0.15) is 0 Å². The molecule has 5 nitrogen and oxygen atoms in total. The lowest BCUT2D eigenvalue weighted by Crippen LogP contribution is -2.50. The van der Waals surface area contributed by atoms with Gasteiger partial charge in [-0.15, -0.1) is 12.4 Å². The Morgan fingerprint density at radius 3 is 2.40 bits per heavy atom. The molecular formula is C13H28ClN3O2S. The van der Waals surface area contributed by atoms with Gasteiger partial charge in [0.15, 0.2) is 0 Å². The lowest BCUT2D eigenvalue weighted by molar-refractivity contribution is 0.228. The SMILES string of the molecule is CN(C1CCCCC1)S(=O)(=O)N1CCCC(CN)C1.Cl. The highest BCUT2D eigenvalue weighted by Gasteiger charge is 2.35. The van der Waals surface area contributed by atoms with Gasteiger partial charge in [-0.05, 0) is 38.1 Å². The lowest BCUT2D eigenvalue weighted by atomic mass is 9.96. The maximum absolute atomic E-state index is 12.7. The molecule has 1 aliphatic heterocycles. The second-order valence-corrected chi connectivity index (χ2v) is 7.91. The van der Waals surface area contributed by atoms with Crippen molar-refractivity contribution >= 4 is 22.6 Å². The molecule has 1 atom stereocenters. The third kappa shape index (κ3) is 4.07. The van der Waals surface area contributed by atoms with E-state index in [4.69, 9.17) is 5.73 Å². The minimum absolute atomic E-state index is 0. The number of piperidine rings is 1. The largest absolute Gasteiger partial charge is 0.330 e. The average molecular weight is 326 g/mol. The van der Waals surface area contributed by atoms with Crippen LogP contribution in [0.1, 0.15) is 44.9 Å². The molecule has 0 amide bonds. The van der Waals surface area contributed by atoms with Crippen molar-refractivity contribution in [1.82, 2.24) is 8.61 Å². The Kier molecular flexibility index (Phi) is 7.21. The highest BCUT2D eigenvalue weighted by Crippen LogP contribution is 2.26. The topological polar surface area (TPSA) is 66.6 Å². The number of nitrogens with two attached hydrogens (primary N) is 1. The Balaban J connectivity index is 0.00000200. The number of nitrogens with zero attached hydrogens (tertiary/aromatic N) is 2. The Hall–Kier alpha value is 0.120. The smallest absolute Gasteiger partial charge is 0.281 e. The van der Waals surface area contributed by atoms with Gasteiger partial charge < -0.3 is 5.73 Å². The monoisotopic (exact) mass is 325 g/mol. The molecule has 2 rings (SSSR count). The zero-order valence-electron chi connectivity index (χ0n) is 12.3. The first-order chi connectivity index (χ1) is 9.05. The molecule has 1 saturated carbocycles. The summed E-state index contributed by atoms with van der Waals surface area (Å²) < 4.78 is 28.6. The van der Waals surface area contributed by atoms with Crippen LogP contribution >= 0.6 is 12.4 Å². The molecule has 2 aliphatic rings. The van der Waals surface area contributed by atoms with Gasteiger partial charge in [-0.1, -0.05) is 19.3 Å². The quantitative estimate of drug-likeness (QED) is 0.853. The van der Waals surface area contributed by atoms with Crippen LogP contribution in [0, 0.1) is 5.92 Å². The van der Waals surface area contributed by atoms with E-state index in [1.165, 1.54) is 6.42 Å². The van der Waals surface area contributed by atoms with Gasteiger partial charge in [0.2, 0.25) is 0 Å². The van der Waals surface area contributed by atoms with Crippen molar-refractivity contribution in [3.63, 3.8) is 0 Å². The number of halogens is 1. The molecule has 2 fully saturated rings. The first-order valence-corrected chi connectivity index (χ1v) is 8.88. The summed E-state index contributed by atoms with van der Waals surface area (Å²) in [4.78, 5) is 0. The normalized spacial score (nSPS) is 26.4. The second kappa shape index (κ2) is 7.94. The van der Waals surface area contributed by atoms with Crippen LogP contribution in [-0.4, -0.2) is 49.8 Å². The maximum Gasteiger partial charge on any atom is 0.281 e. The highest BCUT2D eigenvalue weighted by molar-refractivity contribution is 7.86. The summed E-state index contributed by atoms with van der Waals surface area (Å²) in [5.41, 5.74) is 5.69.